The minimum absolute atomic E-state index is 1.08. The van der Waals surface area contributed by atoms with Gasteiger partial charge in [0.2, 0.25) is 0 Å². The molecule has 0 amide bonds. The van der Waals surface area contributed by atoms with Crippen LogP contribution in [-0.4, -0.2) is 26.2 Å². The number of rotatable bonds is 6. The summed E-state index contributed by atoms with van der Waals surface area (Å²) in [5, 5.41) is 0. The highest BCUT2D eigenvalue weighted by molar-refractivity contribution is 5.48. The number of hydrogen-bond donors (Lipinski definition) is 0. The first-order chi connectivity index (χ1) is 11.5. The van der Waals surface area contributed by atoms with Crippen molar-refractivity contribution in [1.29, 1.82) is 0 Å². The van der Waals surface area contributed by atoms with Crippen LogP contribution in [0.15, 0.2) is 48.5 Å². The van der Waals surface area contributed by atoms with Crippen LogP contribution in [0, 0.1) is 13.8 Å². The predicted molar refractivity (Wildman–Crippen MR) is 109 cm³/mol. The standard InChI is InChI=1S/2C11H17N/c2*1-4-12(5-2)11-8-6-7-10(3)9-11/h2*6-9H,4-5H2,1-3H3. The Morgan fingerprint density at radius 3 is 1.17 bits per heavy atom. The van der Waals surface area contributed by atoms with E-state index < -0.39 is 0 Å². The van der Waals surface area contributed by atoms with Crippen molar-refractivity contribution in [3.05, 3.63) is 59.7 Å². The van der Waals surface area contributed by atoms with Crippen LogP contribution in [-0.2, 0) is 0 Å². The molecule has 132 valence electrons. The fourth-order valence-corrected chi connectivity index (χ4v) is 2.83. The van der Waals surface area contributed by atoms with Gasteiger partial charge >= 0.3 is 0 Å². The summed E-state index contributed by atoms with van der Waals surface area (Å²) in [6.07, 6.45) is 0. The van der Waals surface area contributed by atoms with Crippen LogP contribution in [0.4, 0.5) is 11.4 Å². The molecule has 0 aromatic heterocycles. The molecule has 0 aliphatic rings. The lowest BCUT2D eigenvalue weighted by molar-refractivity contribution is 0.865. The van der Waals surface area contributed by atoms with E-state index in [1.807, 2.05) is 0 Å². The molecule has 24 heavy (non-hydrogen) atoms. The summed E-state index contributed by atoms with van der Waals surface area (Å²) in [6, 6.07) is 17.3. The van der Waals surface area contributed by atoms with Gasteiger partial charge in [-0.1, -0.05) is 24.3 Å². The van der Waals surface area contributed by atoms with Crippen molar-refractivity contribution >= 4 is 11.4 Å². The zero-order valence-corrected chi connectivity index (χ0v) is 16.3. The molecule has 0 saturated carbocycles. The van der Waals surface area contributed by atoms with Crippen molar-refractivity contribution in [2.75, 3.05) is 36.0 Å². The minimum Gasteiger partial charge on any atom is -0.372 e. The maximum Gasteiger partial charge on any atom is 0.0368 e. The first-order valence-corrected chi connectivity index (χ1v) is 9.18. The van der Waals surface area contributed by atoms with E-state index in [9.17, 15) is 0 Å². The zero-order valence-electron chi connectivity index (χ0n) is 16.3. The smallest absolute Gasteiger partial charge is 0.0368 e. The molecule has 2 rings (SSSR count). The van der Waals surface area contributed by atoms with Crippen molar-refractivity contribution in [2.24, 2.45) is 0 Å². The van der Waals surface area contributed by atoms with Crippen LogP contribution < -0.4 is 9.80 Å². The van der Waals surface area contributed by atoms with E-state index in [4.69, 9.17) is 0 Å². The summed E-state index contributed by atoms with van der Waals surface area (Å²) in [5.41, 5.74) is 5.33. The molecule has 0 heterocycles. The van der Waals surface area contributed by atoms with Gasteiger partial charge in [-0.3, -0.25) is 0 Å². The van der Waals surface area contributed by atoms with Crippen molar-refractivity contribution < 1.29 is 0 Å². The van der Waals surface area contributed by atoms with Crippen LogP contribution in [0.1, 0.15) is 38.8 Å². The molecule has 0 aliphatic heterocycles. The Kier molecular flexibility index (Phi) is 8.99. The Labute approximate surface area is 149 Å². The maximum atomic E-state index is 2.35. The number of nitrogens with zero attached hydrogens (tertiary/aromatic N) is 2. The third-order valence-corrected chi connectivity index (χ3v) is 4.26. The summed E-state index contributed by atoms with van der Waals surface area (Å²) in [5.74, 6) is 0. The average molecular weight is 327 g/mol. The van der Waals surface area contributed by atoms with Crippen LogP contribution >= 0.6 is 0 Å². The number of benzene rings is 2. The highest BCUT2D eigenvalue weighted by Gasteiger charge is 2.00. The van der Waals surface area contributed by atoms with Crippen LogP contribution in [0.2, 0.25) is 0 Å². The zero-order chi connectivity index (χ0) is 17.9. The van der Waals surface area contributed by atoms with E-state index in [2.05, 4.69) is 99.9 Å². The van der Waals surface area contributed by atoms with Gasteiger partial charge in [-0.2, -0.15) is 0 Å². The summed E-state index contributed by atoms with van der Waals surface area (Å²) >= 11 is 0. The fourth-order valence-electron chi connectivity index (χ4n) is 2.83. The molecule has 0 N–H and O–H groups in total. The summed E-state index contributed by atoms with van der Waals surface area (Å²) in [7, 11) is 0. The summed E-state index contributed by atoms with van der Waals surface area (Å²) in [6.45, 7) is 17.3. The molecular weight excluding hydrogens is 292 g/mol. The van der Waals surface area contributed by atoms with E-state index in [1.54, 1.807) is 0 Å². The molecule has 0 atom stereocenters. The Morgan fingerprint density at radius 2 is 0.917 bits per heavy atom. The molecule has 0 spiro atoms. The quantitative estimate of drug-likeness (QED) is 0.673. The molecule has 2 nitrogen and oxygen atoms in total. The summed E-state index contributed by atoms with van der Waals surface area (Å²) in [4.78, 5) is 4.71. The Balaban J connectivity index is 0.000000240. The van der Waals surface area contributed by atoms with Gasteiger partial charge in [-0.25, -0.2) is 0 Å². The second-order valence-electron chi connectivity index (χ2n) is 6.02. The van der Waals surface area contributed by atoms with Gasteiger partial charge in [0, 0.05) is 37.6 Å². The average Bonchev–Trinajstić information content (AvgIpc) is 2.58. The number of aryl methyl sites for hydroxylation is 2. The molecule has 0 unspecified atom stereocenters. The molecule has 2 aromatic carbocycles. The van der Waals surface area contributed by atoms with Crippen molar-refractivity contribution in [3.63, 3.8) is 0 Å². The monoisotopic (exact) mass is 326 g/mol. The van der Waals surface area contributed by atoms with Crippen LogP contribution in [0.5, 0.6) is 0 Å². The van der Waals surface area contributed by atoms with Gasteiger partial charge in [-0.05, 0) is 76.9 Å². The van der Waals surface area contributed by atoms with E-state index in [0.29, 0.717) is 0 Å². The van der Waals surface area contributed by atoms with Gasteiger partial charge < -0.3 is 9.80 Å². The second kappa shape index (κ2) is 10.7. The normalized spacial score (nSPS) is 9.92. The Bertz CT molecular complexity index is 531. The summed E-state index contributed by atoms with van der Waals surface area (Å²) < 4.78 is 0. The maximum absolute atomic E-state index is 2.35. The molecule has 0 saturated heterocycles. The van der Waals surface area contributed by atoms with Crippen molar-refractivity contribution in [1.82, 2.24) is 0 Å². The van der Waals surface area contributed by atoms with Crippen LogP contribution in [0.25, 0.3) is 0 Å². The third-order valence-electron chi connectivity index (χ3n) is 4.26. The Hall–Kier alpha value is -1.96. The van der Waals surface area contributed by atoms with Gasteiger partial charge in [0.25, 0.3) is 0 Å². The van der Waals surface area contributed by atoms with Gasteiger partial charge in [0.05, 0.1) is 0 Å². The molecule has 2 heteroatoms. The second-order valence-corrected chi connectivity index (χ2v) is 6.02. The number of hydrogen-bond acceptors (Lipinski definition) is 2. The van der Waals surface area contributed by atoms with E-state index in [-0.39, 0.29) is 0 Å². The van der Waals surface area contributed by atoms with Gasteiger partial charge in [0.1, 0.15) is 0 Å². The Morgan fingerprint density at radius 1 is 0.583 bits per heavy atom. The molecule has 0 radical (unpaired) electrons. The van der Waals surface area contributed by atoms with E-state index in [1.165, 1.54) is 22.5 Å². The molecular formula is C22H34N2. The van der Waals surface area contributed by atoms with Gasteiger partial charge in [0.15, 0.2) is 0 Å². The van der Waals surface area contributed by atoms with Gasteiger partial charge in [-0.15, -0.1) is 0 Å². The lowest BCUT2D eigenvalue weighted by Crippen LogP contribution is -2.21. The van der Waals surface area contributed by atoms with Crippen molar-refractivity contribution in [2.45, 2.75) is 41.5 Å². The fraction of sp³-hybridized carbons (Fsp3) is 0.455. The lowest BCUT2D eigenvalue weighted by atomic mass is 10.2. The number of anilines is 2. The first-order valence-electron chi connectivity index (χ1n) is 9.18. The first kappa shape index (κ1) is 20.1. The minimum atomic E-state index is 1.08. The van der Waals surface area contributed by atoms with Crippen molar-refractivity contribution in [3.8, 4) is 0 Å². The van der Waals surface area contributed by atoms with E-state index in [0.717, 1.165) is 26.2 Å². The predicted octanol–water partition coefficient (Wildman–Crippen LogP) is 5.68. The van der Waals surface area contributed by atoms with E-state index >= 15 is 0 Å². The van der Waals surface area contributed by atoms with Crippen LogP contribution in [0.3, 0.4) is 0 Å². The SMILES string of the molecule is CCN(CC)c1cccc(C)c1.CCN(CC)c1cccc(C)c1. The molecule has 0 bridgehead atoms. The highest BCUT2D eigenvalue weighted by atomic mass is 15.1. The molecule has 0 fully saturated rings. The largest absolute Gasteiger partial charge is 0.372 e. The lowest BCUT2D eigenvalue weighted by Gasteiger charge is -2.21. The molecule has 0 aliphatic carbocycles. The third kappa shape index (κ3) is 6.27. The molecule has 2 aromatic rings. The topological polar surface area (TPSA) is 6.48 Å². The highest BCUT2D eigenvalue weighted by Crippen LogP contribution is 2.15.